The number of rotatable bonds is 83. The van der Waals surface area contributed by atoms with Gasteiger partial charge in [-0.25, -0.2) is 9.13 Å². The zero-order valence-corrected chi connectivity index (χ0v) is 68.5. The summed E-state index contributed by atoms with van der Waals surface area (Å²) < 4.78 is 68.8. The highest BCUT2D eigenvalue weighted by molar-refractivity contribution is 7.47. The van der Waals surface area contributed by atoms with E-state index in [4.69, 9.17) is 37.0 Å². The second kappa shape index (κ2) is 75.9. The molecule has 0 aromatic heterocycles. The Morgan fingerprint density at radius 3 is 0.667 bits per heavy atom. The number of ether oxygens (including phenoxy) is 4. The molecule has 0 heterocycles. The Morgan fingerprint density at radius 2 is 0.451 bits per heavy atom. The van der Waals surface area contributed by atoms with E-state index in [1.807, 2.05) is 0 Å². The van der Waals surface area contributed by atoms with E-state index < -0.39 is 97.5 Å². The lowest BCUT2D eigenvalue weighted by molar-refractivity contribution is -0.161. The fourth-order valence-electron chi connectivity index (χ4n) is 12.9. The highest BCUT2D eigenvalue weighted by Crippen LogP contribution is 2.45. The van der Waals surface area contributed by atoms with Crippen molar-refractivity contribution in [3.8, 4) is 0 Å². The highest BCUT2D eigenvalue weighted by atomic mass is 31.2. The molecule has 17 nitrogen and oxygen atoms in total. The number of aliphatic hydroxyl groups excluding tert-OH is 1. The molecule has 0 bridgehead atoms. The largest absolute Gasteiger partial charge is 0.472 e. The predicted octanol–water partition coefficient (Wildman–Crippen LogP) is 25.2. The minimum Gasteiger partial charge on any atom is -0.462 e. The average Bonchev–Trinajstić information content (AvgIpc) is 0.914. The Hall–Kier alpha value is -1.94. The first-order valence-electron chi connectivity index (χ1n) is 43.1. The highest BCUT2D eigenvalue weighted by Gasteiger charge is 2.30. The maximum absolute atomic E-state index is 13.1. The molecule has 0 amide bonds. The molecule has 0 aromatic carbocycles. The Balaban J connectivity index is 5.26. The van der Waals surface area contributed by atoms with E-state index in [2.05, 4.69) is 34.6 Å². The summed E-state index contributed by atoms with van der Waals surface area (Å²) in [6, 6.07) is 0. The molecule has 102 heavy (non-hydrogen) atoms. The third-order valence-electron chi connectivity index (χ3n) is 19.5. The summed E-state index contributed by atoms with van der Waals surface area (Å²) in [5.74, 6) is -1.34. The molecule has 0 aromatic rings. The third kappa shape index (κ3) is 76.3. The monoisotopic (exact) mass is 1490 g/mol. The predicted molar refractivity (Wildman–Crippen MR) is 418 cm³/mol. The third-order valence-corrected chi connectivity index (χ3v) is 21.4. The van der Waals surface area contributed by atoms with Crippen LogP contribution in [0.1, 0.15) is 446 Å². The van der Waals surface area contributed by atoms with Crippen LogP contribution in [0.15, 0.2) is 0 Å². The lowest BCUT2D eigenvalue weighted by Gasteiger charge is -2.21. The van der Waals surface area contributed by atoms with Crippen molar-refractivity contribution in [2.24, 2.45) is 5.92 Å². The van der Waals surface area contributed by atoms with Gasteiger partial charge in [0.1, 0.15) is 19.3 Å². The molecule has 5 atom stereocenters. The van der Waals surface area contributed by atoms with Gasteiger partial charge >= 0.3 is 39.5 Å². The van der Waals surface area contributed by atoms with Gasteiger partial charge in [-0.3, -0.25) is 37.3 Å². The van der Waals surface area contributed by atoms with Crippen LogP contribution in [0.3, 0.4) is 0 Å². The molecule has 0 spiro atoms. The fourth-order valence-corrected chi connectivity index (χ4v) is 14.5. The van der Waals surface area contributed by atoms with Crippen LogP contribution in [-0.2, 0) is 65.4 Å². The summed E-state index contributed by atoms with van der Waals surface area (Å²) in [5.41, 5.74) is 0. The fraction of sp³-hybridized carbons (Fsp3) is 0.952. The van der Waals surface area contributed by atoms with E-state index in [-0.39, 0.29) is 25.7 Å². The van der Waals surface area contributed by atoms with Gasteiger partial charge < -0.3 is 33.8 Å². The minimum atomic E-state index is -4.96. The van der Waals surface area contributed by atoms with Gasteiger partial charge in [0.15, 0.2) is 12.2 Å². The van der Waals surface area contributed by atoms with E-state index in [9.17, 15) is 43.2 Å². The van der Waals surface area contributed by atoms with Crippen molar-refractivity contribution in [3.05, 3.63) is 0 Å². The van der Waals surface area contributed by atoms with Gasteiger partial charge in [0.2, 0.25) is 0 Å². The smallest absolute Gasteiger partial charge is 0.462 e. The topological polar surface area (TPSA) is 237 Å². The van der Waals surface area contributed by atoms with Crippen molar-refractivity contribution in [2.45, 2.75) is 464 Å². The SMILES string of the molecule is CCCCCCCCCCCCCCCCCCCCCC(=O)O[C@H](COC(=O)CCCCCCCCCCCCCCCCCC)COP(=O)(O)OC[C@@H](O)COP(=O)(O)OC[C@@H](COC(=O)CCCCCCCCCCCCC(C)C)OC(=O)CCCCCCCCCCCCCCCC. The first-order valence-corrected chi connectivity index (χ1v) is 46.1. The van der Waals surface area contributed by atoms with E-state index in [0.717, 1.165) is 95.8 Å². The molecular formula is C83H162O17P2. The molecule has 0 aliphatic heterocycles. The van der Waals surface area contributed by atoms with Gasteiger partial charge in [-0.05, 0) is 31.6 Å². The molecule has 0 radical (unpaired) electrons. The minimum absolute atomic E-state index is 0.108. The van der Waals surface area contributed by atoms with Gasteiger partial charge in [-0.15, -0.1) is 0 Å². The van der Waals surface area contributed by atoms with Crippen LogP contribution < -0.4 is 0 Å². The molecule has 0 saturated carbocycles. The van der Waals surface area contributed by atoms with Crippen molar-refractivity contribution in [3.63, 3.8) is 0 Å². The van der Waals surface area contributed by atoms with Crippen LogP contribution in [0, 0.1) is 5.92 Å². The number of esters is 4. The van der Waals surface area contributed by atoms with Gasteiger partial charge in [0.25, 0.3) is 0 Å². The Labute approximate surface area is 626 Å². The summed E-state index contributed by atoms with van der Waals surface area (Å²) in [6.07, 6.45) is 67.9. The van der Waals surface area contributed by atoms with E-state index >= 15 is 0 Å². The molecule has 606 valence electrons. The van der Waals surface area contributed by atoms with Crippen molar-refractivity contribution in [1.82, 2.24) is 0 Å². The maximum Gasteiger partial charge on any atom is 0.472 e. The number of hydrogen-bond acceptors (Lipinski definition) is 15. The molecular weight excluding hydrogens is 1330 g/mol. The van der Waals surface area contributed by atoms with E-state index in [1.165, 1.54) is 270 Å². The quantitative estimate of drug-likeness (QED) is 0.0222. The normalized spacial score (nSPS) is 13.8. The zero-order chi connectivity index (χ0) is 74.8. The van der Waals surface area contributed by atoms with Gasteiger partial charge in [0, 0.05) is 25.7 Å². The lowest BCUT2D eigenvalue weighted by atomic mass is 10.0. The lowest BCUT2D eigenvalue weighted by Crippen LogP contribution is -2.30. The first-order chi connectivity index (χ1) is 49.5. The van der Waals surface area contributed by atoms with E-state index in [1.54, 1.807) is 0 Å². The Bertz CT molecular complexity index is 1940. The molecule has 0 fully saturated rings. The summed E-state index contributed by atoms with van der Waals surface area (Å²) in [7, 11) is -9.92. The summed E-state index contributed by atoms with van der Waals surface area (Å²) in [5, 5.41) is 10.7. The van der Waals surface area contributed by atoms with E-state index in [0.29, 0.717) is 25.7 Å². The standard InChI is InChI=1S/C83H162O17P2/c1-6-9-12-15-18-21-24-27-30-32-33-34-36-39-42-49-54-59-64-69-83(88)99-78(72-93-80(85)66-61-56-51-46-40-38-35-31-28-25-22-19-16-13-10-7-2)74-97-101(89,90)95-70-77(84)71-96-102(91,92)98-75-79(73-94-81(86)67-62-57-52-47-44-43-45-50-55-60-65-76(4)5)100-82(87)68-63-58-53-48-41-37-29-26-23-20-17-14-11-8-3/h76-79,84H,6-75H2,1-5H3,(H,89,90)(H,91,92)/t77-,78-,79-/m1/s1. The summed E-state index contributed by atoms with van der Waals surface area (Å²) in [4.78, 5) is 73.2. The van der Waals surface area contributed by atoms with Crippen molar-refractivity contribution in [2.75, 3.05) is 39.6 Å². The van der Waals surface area contributed by atoms with Gasteiger partial charge in [-0.2, -0.15) is 0 Å². The Kier molecular flexibility index (Phi) is 74.4. The summed E-state index contributed by atoms with van der Waals surface area (Å²) in [6.45, 7) is 7.35. The molecule has 0 saturated heterocycles. The number of hydrogen-bond donors (Lipinski definition) is 3. The number of phosphoric acid groups is 2. The van der Waals surface area contributed by atoms with Crippen LogP contribution in [0.2, 0.25) is 0 Å². The number of aliphatic hydroxyl groups is 1. The molecule has 19 heteroatoms. The van der Waals surface area contributed by atoms with Crippen molar-refractivity contribution >= 4 is 39.5 Å². The zero-order valence-electron chi connectivity index (χ0n) is 66.8. The Morgan fingerprint density at radius 1 is 0.265 bits per heavy atom. The number of phosphoric ester groups is 2. The van der Waals surface area contributed by atoms with Crippen molar-refractivity contribution in [1.29, 1.82) is 0 Å². The van der Waals surface area contributed by atoms with Crippen LogP contribution >= 0.6 is 15.6 Å². The summed E-state index contributed by atoms with van der Waals surface area (Å²) >= 11 is 0. The molecule has 0 aliphatic rings. The molecule has 3 N–H and O–H groups in total. The molecule has 2 unspecified atom stereocenters. The molecule has 0 aliphatic carbocycles. The van der Waals surface area contributed by atoms with Gasteiger partial charge in [-0.1, -0.05) is 394 Å². The maximum atomic E-state index is 13.1. The number of carbonyl (C=O) groups is 4. The van der Waals surface area contributed by atoms with Crippen LogP contribution in [0.4, 0.5) is 0 Å². The van der Waals surface area contributed by atoms with Gasteiger partial charge in [0.05, 0.1) is 26.4 Å². The van der Waals surface area contributed by atoms with Crippen LogP contribution in [-0.4, -0.2) is 96.7 Å². The second-order valence-electron chi connectivity index (χ2n) is 30.3. The number of unbranched alkanes of at least 4 members (excludes halogenated alkanes) is 55. The second-order valence-corrected chi connectivity index (χ2v) is 33.3. The molecule has 0 rings (SSSR count). The van der Waals surface area contributed by atoms with Crippen LogP contribution in [0.25, 0.3) is 0 Å². The van der Waals surface area contributed by atoms with Crippen LogP contribution in [0.5, 0.6) is 0 Å². The average molecular weight is 1490 g/mol. The first kappa shape index (κ1) is 100. The van der Waals surface area contributed by atoms with Crippen molar-refractivity contribution < 1.29 is 80.2 Å². The number of carbonyl (C=O) groups excluding carboxylic acids is 4.